The Morgan fingerprint density at radius 2 is 1.94 bits per heavy atom. The van der Waals surface area contributed by atoms with Crippen molar-refractivity contribution in [3.8, 4) is 0 Å². The van der Waals surface area contributed by atoms with Crippen molar-refractivity contribution < 1.29 is 4.74 Å². The lowest BCUT2D eigenvalue weighted by molar-refractivity contribution is 0.143. The van der Waals surface area contributed by atoms with Gasteiger partial charge in [-0.25, -0.2) is 0 Å². The predicted octanol–water partition coefficient (Wildman–Crippen LogP) is 3.31. The van der Waals surface area contributed by atoms with Crippen molar-refractivity contribution in [1.82, 2.24) is 5.32 Å². The summed E-state index contributed by atoms with van der Waals surface area (Å²) >= 11 is 2.03. The number of thioether (sulfide) groups is 1. The van der Waals surface area contributed by atoms with Crippen molar-refractivity contribution in [1.29, 1.82) is 0 Å². The summed E-state index contributed by atoms with van der Waals surface area (Å²) < 4.78 is 5.68. The van der Waals surface area contributed by atoms with Gasteiger partial charge in [-0.3, -0.25) is 0 Å². The highest BCUT2D eigenvalue weighted by molar-refractivity contribution is 8.00. The SMILES string of the molecule is CCOCCCCNC(C)CSC(C)(C)C. The smallest absolute Gasteiger partial charge is 0.0466 e. The third-order valence-electron chi connectivity index (χ3n) is 2.18. The quantitative estimate of drug-likeness (QED) is 0.632. The van der Waals surface area contributed by atoms with Gasteiger partial charge in [-0.1, -0.05) is 20.8 Å². The fourth-order valence-electron chi connectivity index (χ4n) is 1.26. The molecule has 0 rings (SSSR count). The van der Waals surface area contributed by atoms with Crippen LogP contribution in [0, 0.1) is 0 Å². The van der Waals surface area contributed by atoms with Crippen LogP contribution in [0.3, 0.4) is 0 Å². The Balaban J connectivity index is 3.27. The maximum atomic E-state index is 5.30. The van der Waals surface area contributed by atoms with Crippen LogP contribution >= 0.6 is 11.8 Å². The molecule has 3 heteroatoms. The molecule has 0 aliphatic heterocycles. The highest BCUT2D eigenvalue weighted by Gasteiger charge is 2.12. The summed E-state index contributed by atoms with van der Waals surface area (Å²) in [6.07, 6.45) is 2.38. The van der Waals surface area contributed by atoms with E-state index in [4.69, 9.17) is 4.74 Å². The molecule has 0 heterocycles. The summed E-state index contributed by atoms with van der Waals surface area (Å²) in [5.74, 6) is 1.19. The molecule has 0 aromatic rings. The van der Waals surface area contributed by atoms with Crippen molar-refractivity contribution in [3.63, 3.8) is 0 Å². The van der Waals surface area contributed by atoms with E-state index in [1.165, 1.54) is 18.6 Å². The lowest BCUT2D eigenvalue weighted by atomic mass is 10.3. The average molecular weight is 247 g/mol. The number of unbranched alkanes of at least 4 members (excludes halogenated alkanes) is 1. The Kier molecular flexibility index (Phi) is 9.47. The molecule has 16 heavy (non-hydrogen) atoms. The first-order chi connectivity index (χ1) is 7.45. The zero-order chi connectivity index (χ0) is 12.4. The molecule has 1 unspecified atom stereocenters. The van der Waals surface area contributed by atoms with Crippen LogP contribution in [0.2, 0.25) is 0 Å². The molecule has 1 N–H and O–H groups in total. The molecule has 0 fully saturated rings. The highest BCUT2D eigenvalue weighted by atomic mass is 32.2. The maximum absolute atomic E-state index is 5.30. The zero-order valence-electron chi connectivity index (χ0n) is 11.6. The van der Waals surface area contributed by atoms with Gasteiger partial charge in [-0.05, 0) is 33.2 Å². The minimum absolute atomic E-state index is 0.380. The van der Waals surface area contributed by atoms with Crippen molar-refractivity contribution in [2.45, 2.75) is 58.2 Å². The number of hydrogen-bond acceptors (Lipinski definition) is 3. The average Bonchev–Trinajstić information content (AvgIpc) is 2.19. The molecule has 0 bridgehead atoms. The number of nitrogens with one attached hydrogen (secondary N) is 1. The van der Waals surface area contributed by atoms with Gasteiger partial charge in [-0.15, -0.1) is 0 Å². The standard InChI is InChI=1S/C13H29NOS/c1-6-15-10-8-7-9-14-12(2)11-16-13(3,4)5/h12,14H,6-11H2,1-5H3. The summed E-state index contributed by atoms with van der Waals surface area (Å²) in [7, 11) is 0. The van der Waals surface area contributed by atoms with E-state index in [0.717, 1.165) is 19.8 Å². The first-order valence-corrected chi connectivity index (χ1v) is 7.39. The van der Waals surface area contributed by atoms with Crippen LogP contribution in [0.25, 0.3) is 0 Å². The van der Waals surface area contributed by atoms with E-state index in [0.29, 0.717) is 10.8 Å². The summed E-state index contributed by atoms with van der Waals surface area (Å²) in [5.41, 5.74) is 0. The number of rotatable bonds is 9. The molecule has 0 saturated carbocycles. The molecular weight excluding hydrogens is 218 g/mol. The first kappa shape index (κ1) is 16.3. The highest BCUT2D eigenvalue weighted by Crippen LogP contribution is 2.23. The van der Waals surface area contributed by atoms with Crippen LogP contribution in [0.1, 0.15) is 47.5 Å². The third-order valence-corrected chi connectivity index (χ3v) is 3.71. The van der Waals surface area contributed by atoms with Crippen LogP contribution in [0.15, 0.2) is 0 Å². The van der Waals surface area contributed by atoms with E-state index in [-0.39, 0.29) is 0 Å². The zero-order valence-corrected chi connectivity index (χ0v) is 12.5. The van der Waals surface area contributed by atoms with E-state index in [2.05, 4.69) is 33.0 Å². The van der Waals surface area contributed by atoms with E-state index in [1.54, 1.807) is 0 Å². The molecule has 0 spiro atoms. The van der Waals surface area contributed by atoms with Gasteiger partial charge in [-0.2, -0.15) is 11.8 Å². The molecule has 1 atom stereocenters. The van der Waals surface area contributed by atoms with Gasteiger partial charge < -0.3 is 10.1 Å². The van der Waals surface area contributed by atoms with Gasteiger partial charge in [0.15, 0.2) is 0 Å². The van der Waals surface area contributed by atoms with Crippen LogP contribution in [0.4, 0.5) is 0 Å². The predicted molar refractivity (Wildman–Crippen MR) is 75.4 cm³/mol. The van der Waals surface area contributed by atoms with E-state index < -0.39 is 0 Å². The Morgan fingerprint density at radius 1 is 1.25 bits per heavy atom. The van der Waals surface area contributed by atoms with Crippen molar-refractivity contribution in [2.24, 2.45) is 0 Å². The molecule has 0 aromatic heterocycles. The van der Waals surface area contributed by atoms with Crippen molar-refractivity contribution in [2.75, 3.05) is 25.5 Å². The number of hydrogen-bond donors (Lipinski definition) is 1. The lowest BCUT2D eigenvalue weighted by Gasteiger charge is -2.21. The van der Waals surface area contributed by atoms with Crippen LogP contribution in [-0.4, -0.2) is 36.3 Å². The molecule has 0 saturated heterocycles. The van der Waals surface area contributed by atoms with Gasteiger partial charge in [0, 0.05) is 29.8 Å². The molecule has 0 aliphatic rings. The second-order valence-electron chi connectivity index (χ2n) is 5.18. The van der Waals surface area contributed by atoms with E-state index >= 15 is 0 Å². The van der Waals surface area contributed by atoms with Gasteiger partial charge in [0.1, 0.15) is 0 Å². The minimum atomic E-state index is 0.380. The fourth-order valence-corrected chi connectivity index (χ4v) is 2.12. The Morgan fingerprint density at radius 3 is 2.50 bits per heavy atom. The molecule has 0 amide bonds. The fraction of sp³-hybridized carbons (Fsp3) is 1.00. The van der Waals surface area contributed by atoms with E-state index in [9.17, 15) is 0 Å². The van der Waals surface area contributed by atoms with Crippen molar-refractivity contribution in [3.05, 3.63) is 0 Å². The maximum Gasteiger partial charge on any atom is 0.0466 e. The second kappa shape index (κ2) is 9.32. The van der Waals surface area contributed by atoms with Gasteiger partial charge in [0.25, 0.3) is 0 Å². The molecule has 0 radical (unpaired) electrons. The van der Waals surface area contributed by atoms with Gasteiger partial charge in [0.2, 0.25) is 0 Å². The normalized spacial score (nSPS) is 14.1. The summed E-state index contributed by atoms with van der Waals surface area (Å²) in [4.78, 5) is 0. The molecular formula is C13H29NOS. The van der Waals surface area contributed by atoms with Gasteiger partial charge in [0.05, 0.1) is 0 Å². The molecule has 0 aromatic carbocycles. The monoisotopic (exact) mass is 247 g/mol. The van der Waals surface area contributed by atoms with Crippen molar-refractivity contribution >= 4 is 11.8 Å². The Labute approximate surface area is 106 Å². The topological polar surface area (TPSA) is 21.3 Å². The minimum Gasteiger partial charge on any atom is -0.382 e. The summed E-state index contributed by atoms with van der Waals surface area (Å²) in [5, 5.41) is 3.56. The third kappa shape index (κ3) is 12.3. The molecule has 98 valence electrons. The largest absolute Gasteiger partial charge is 0.382 e. The second-order valence-corrected chi connectivity index (χ2v) is 7.03. The van der Waals surface area contributed by atoms with Crippen LogP contribution < -0.4 is 5.32 Å². The summed E-state index contributed by atoms with van der Waals surface area (Å²) in [6.45, 7) is 14.0. The Hall–Kier alpha value is 0.270. The van der Waals surface area contributed by atoms with E-state index in [1.807, 2.05) is 18.7 Å². The lowest BCUT2D eigenvalue weighted by Crippen LogP contribution is -2.30. The Bertz CT molecular complexity index is 157. The number of ether oxygens (including phenoxy) is 1. The molecule has 0 aliphatic carbocycles. The summed E-state index contributed by atoms with van der Waals surface area (Å²) in [6, 6.07) is 0.608. The van der Waals surface area contributed by atoms with Crippen LogP contribution in [0.5, 0.6) is 0 Å². The van der Waals surface area contributed by atoms with Crippen LogP contribution in [-0.2, 0) is 4.74 Å². The van der Waals surface area contributed by atoms with Gasteiger partial charge >= 0.3 is 0 Å². The first-order valence-electron chi connectivity index (χ1n) is 6.41. The molecule has 2 nitrogen and oxygen atoms in total.